The molecule has 0 radical (unpaired) electrons. The molecule has 4 nitrogen and oxygen atoms in total. The largest absolute Gasteiger partial charge is 0.309 e. The summed E-state index contributed by atoms with van der Waals surface area (Å²) in [5.74, 6) is 0.778. The highest BCUT2D eigenvalue weighted by Crippen LogP contribution is 2.21. The topological polar surface area (TPSA) is 54.9 Å². The number of hydrogen-bond acceptors (Lipinski definition) is 3. The van der Waals surface area contributed by atoms with E-state index in [1.54, 1.807) is 6.20 Å². The van der Waals surface area contributed by atoms with E-state index in [1.807, 2.05) is 64.1 Å². The number of anilines is 1. The Kier molecular flexibility index (Phi) is 5.63. The van der Waals surface area contributed by atoms with Crippen LogP contribution in [0.1, 0.15) is 39.8 Å². The molecule has 1 N–H and O–H groups in total. The molecule has 0 saturated carbocycles. The van der Waals surface area contributed by atoms with Gasteiger partial charge < -0.3 is 5.32 Å². The van der Waals surface area contributed by atoms with Crippen molar-refractivity contribution in [2.24, 2.45) is 5.92 Å². The quantitative estimate of drug-likeness (QED) is 0.881. The predicted molar refractivity (Wildman–Crippen MR) is 94.9 cm³/mol. The van der Waals surface area contributed by atoms with E-state index in [0.717, 1.165) is 16.8 Å². The van der Waals surface area contributed by atoms with Gasteiger partial charge in [-0.25, -0.2) is 9.97 Å². The van der Waals surface area contributed by atoms with Gasteiger partial charge in [0.2, 0.25) is 5.91 Å². The first-order valence-corrected chi connectivity index (χ1v) is 7.83. The Labute approximate surface area is 137 Å². The summed E-state index contributed by atoms with van der Waals surface area (Å²) >= 11 is 0. The Hall–Kier alpha value is -2.49. The molecule has 1 aromatic heterocycles. The molecule has 23 heavy (non-hydrogen) atoms. The van der Waals surface area contributed by atoms with Crippen molar-refractivity contribution in [1.82, 2.24) is 9.97 Å². The van der Waals surface area contributed by atoms with Gasteiger partial charge in [0.05, 0.1) is 11.9 Å². The Balaban J connectivity index is 2.35. The Bertz CT molecular complexity index is 702. The summed E-state index contributed by atoms with van der Waals surface area (Å²) < 4.78 is 0. The van der Waals surface area contributed by atoms with Gasteiger partial charge in [0.1, 0.15) is 5.69 Å². The van der Waals surface area contributed by atoms with E-state index in [1.165, 1.54) is 0 Å². The van der Waals surface area contributed by atoms with Gasteiger partial charge in [0, 0.05) is 12.0 Å². The van der Waals surface area contributed by atoms with E-state index < -0.39 is 0 Å². The lowest BCUT2D eigenvalue weighted by Crippen LogP contribution is -2.16. The van der Waals surface area contributed by atoms with E-state index in [4.69, 9.17) is 0 Å². The van der Waals surface area contributed by atoms with Crippen molar-refractivity contribution >= 4 is 17.8 Å². The van der Waals surface area contributed by atoms with Gasteiger partial charge in [-0.15, -0.1) is 0 Å². The molecule has 1 heterocycles. The maximum absolute atomic E-state index is 12.0. The molecular weight excluding hydrogens is 286 g/mol. The van der Waals surface area contributed by atoms with Crippen molar-refractivity contribution in [3.63, 3.8) is 0 Å². The average Bonchev–Trinajstić information content (AvgIpc) is 2.48. The molecule has 2 rings (SSSR count). The van der Waals surface area contributed by atoms with Crippen LogP contribution in [0.4, 0.5) is 5.82 Å². The van der Waals surface area contributed by atoms with Gasteiger partial charge >= 0.3 is 0 Å². The summed E-state index contributed by atoms with van der Waals surface area (Å²) in [5, 5.41) is 2.87. The molecule has 2 aromatic rings. The van der Waals surface area contributed by atoms with Crippen LogP contribution in [0.2, 0.25) is 0 Å². The lowest BCUT2D eigenvalue weighted by molar-refractivity contribution is -0.116. The molecule has 0 atom stereocenters. The molecule has 0 aliphatic heterocycles. The third kappa shape index (κ3) is 5.02. The summed E-state index contributed by atoms with van der Waals surface area (Å²) in [6, 6.07) is 9.89. The van der Waals surface area contributed by atoms with Crippen LogP contribution in [0, 0.1) is 5.92 Å². The Morgan fingerprint density at radius 3 is 2.52 bits per heavy atom. The first kappa shape index (κ1) is 16.9. The number of benzene rings is 1. The minimum absolute atomic E-state index is 0.0369. The van der Waals surface area contributed by atoms with Gasteiger partial charge in [-0.05, 0) is 25.8 Å². The Morgan fingerprint density at radius 2 is 1.91 bits per heavy atom. The van der Waals surface area contributed by atoms with Crippen LogP contribution in [0.25, 0.3) is 17.3 Å². The fraction of sp³-hybridized carbons (Fsp3) is 0.316. The Morgan fingerprint density at radius 1 is 1.22 bits per heavy atom. The standard InChI is InChI=1S/C19H23N3O/c1-13(2)10-16-19(22-18(23)11-14(3)4)20-12-17(21-16)15-8-6-5-7-9-15/h5-10,12,14H,11H2,1-4H3,(H,20,22,23). The second-order valence-electron chi connectivity index (χ2n) is 6.22. The summed E-state index contributed by atoms with van der Waals surface area (Å²) in [6.45, 7) is 8.02. The number of nitrogens with zero attached hydrogens (tertiary/aromatic N) is 2. The molecule has 4 heteroatoms. The van der Waals surface area contributed by atoms with Gasteiger partial charge in [0.15, 0.2) is 5.82 Å². The van der Waals surface area contributed by atoms with Crippen molar-refractivity contribution in [1.29, 1.82) is 0 Å². The predicted octanol–water partition coefficient (Wildman–Crippen LogP) is 4.55. The average molecular weight is 309 g/mol. The molecule has 120 valence electrons. The maximum atomic E-state index is 12.0. The van der Waals surface area contributed by atoms with Crippen molar-refractivity contribution in [2.45, 2.75) is 34.1 Å². The molecule has 0 fully saturated rings. The summed E-state index contributed by atoms with van der Waals surface area (Å²) in [4.78, 5) is 21.1. The third-order valence-corrected chi connectivity index (χ3v) is 3.15. The zero-order valence-corrected chi connectivity index (χ0v) is 14.1. The SMILES string of the molecule is CC(C)=Cc1nc(-c2ccccc2)cnc1NC(=O)CC(C)C. The number of nitrogens with one attached hydrogen (secondary N) is 1. The minimum atomic E-state index is -0.0369. The molecular formula is C19H23N3O. The lowest BCUT2D eigenvalue weighted by atomic mass is 10.1. The molecule has 1 amide bonds. The number of hydrogen-bond donors (Lipinski definition) is 1. The number of carbonyl (C=O) groups excluding carboxylic acids is 1. The van der Waals surface area contributed by atoms with Crippen LogP contribution in [-0.2, 0) is 4.79 Å². The number of aromatic nitrogens is 2. The van der Waals surface area contributed by atoms with E-state index in [-0.39, 0.29) is 5.91 Å². The van der Waals surface area contributed by atoms with Gasteiger partial charge in [-0.2, -0.15) is 0 Å². The number of carbonyl (C=O) groups is 1. The highest BCUT2D eigenvalue weighted by molar-refractivity contribution is 5.91. The summed E-state index contributed by atoms with van der Waals surface area (Å²) in [5.41, 5.74) is 3.58. The van der Waals surface area contributed by atoms with Crippen LogP contribution in [0.5, 0.6) is 0 Å². The highest BCUT2D eigenvalue weighted by atomic mass is 16.1. The smallest absolute Gasteiger partial charge is 0.225 e. The number of rotatable bonds is 5. The fourth-order valence-electron chi connectivity index (χ4n) is 2.18. The molecule has 0 saturated heterocycles. The fourth-order valence-corrected chi connectivity index (χ4v) is 2.18. The molecule has 0 unspecified atom stereocenters. The zero-order chi connectivity index (χ0) is 16.8. The second-order valence-corrected chi connectivity index (χ2v) is 6.22. The normalized spacial score (nSPS) is 10.5. The first-order valence-electron chi connectivity index (χ1n) is 7.83. The minimum Gasteiger partial charge on any atom is -0.309 e. The van der Waals surface area contributed by atoms with E-state index in [9.17, 15) is 4.79 Å². The molecule has 0 spiro atoms. The van der Waals surface area contributed by atoms with Crippen molar-refractivity contribution in [3.8, 4) is 11.3 Å². The van der Waals surface area contributed by atoms with E-state index in [0.29, 0.717) is 23.9 Å². The van der Waals surface area contributed by atoms with Gasteiger partial charge in [-0.3, -0.25) is 4.79 Å². The maximum Gasteiger partial charge on any atom is 0.225 e. The molecule has 1 aromatic carbocycles. The van der Waals surface area contributed by atoms with E-state index in [2.05, 4.69) is 15.3 Å². The molecule has 0 aliphatic rings. The van der Waals surface area contributed by atoms with Crippen molar-refractivity contribution in [3.05, 3.63) is 47.8 Å². The third-order valence-electron chi connectivity index (χ3n) is 3.15. The molecule has 0 aliphatic carbocycles. The zero-order valence-electron chi connectivity index (χ0n) is 14.1. The van der Waals surface area contributed by atoms with Crippen molar-refractivity contribution < 1.29 is 4.79 Å². The van der Waals surface area contributed by atoms with Crippen LogP contribution in [-0.4, -0.2) is 15.9 Å². The van der Waals surface area contributed by atoms with Gasteiger partial charge in [-0.1, -0.05) is 49.8 Å². The number of allylic oxidation sites excluding steroid dienone is 1. The number of amides is 1. The van der Waals surface area contributed by atoms with Crippen LogP contribution in [0.15, 0.2) is 42.1 Å². The summed E-state index contributed by atoms with van der Waals surface area (Å²) in [6.07, 6.45) is 4.10. The summed E-state index contributed by atoms with van der Waals surface area (Å²) in [7, 11) is 0. The molecule has 0 bridgehead atoms. The van der Waals surface area contributed by atoms with Gasteiger partial charge in [0.25, 0.3) is 0 Å². The highest BCUT2D eigenvalue weighted by Gasteiger charge is 2.11. The second kappa shape index (κ2) is 7.68. The van der Waals surface area contributed by atoms with Crippen LogP contribution >= 0.6 is 0 Å². The van der Waals surface area contributed by atoms with E-state index >= 15 is 0 Å². The first-order chi connectivity index (χ1) is 11.0. The van der Waals surface area contributed by atoms with Crippen LogP contribution < -0.4 is 5.32 Å². The lowest BCUT2D eigenvalue weighted by Gasteiger charge is -2.10. The van der Waals surface area contributed by atoms with Crippen LogP contribution in [0.3, 0.4) is 0 Å². The van der Waals surface area contributed by atoms with Crippen molar-refractivity contribution in [2.75, 3.05) is 5.32 Å². The monoisotopic (exact) mass is 309 g/mol.